The zero-order chi connectivity index (χ0) is 21.9. The molecule has 30 heavy (non-hydrogen) atoms. The number of hydrogen-bond acceptors (Lipinski definition) is 8. The number of aromatic nitrogens is 2. The molecule has 0 bridgehead atoms. The largest absolute Gasteiger partial charge is 0.338 e. The van der Waals surface area contributed by atoms with Crippen molar-refractivity contribution in [2.75, 3.05) is 31.5 Å². The highest BCUT2D eigenvalue weighted by Gasteiger charge is 2.26. The molecule has 1 aliphatic rings. The van der Waals surface area contributed by atoms with E-state index in [0.29, 0.717) is 23.9 Å². The third-order valence-electron chi connectivity index (χ3n) is 5.14. The minimum Gasteiger partial charge on any atom is -0.338 e. The predicted octanol–water partition coefficient (Wildman–Crippen LogP) is 0.985. The van der Waals surface area contributed by atoms with Crippen LogP contribution in [-0.2, 0) is 21.4 Å². The Balaban J connectivity index is 1.49. The van der Waals surface area contributed by atoms with Gasteiger partial charge in [0.25, 0.3) is 0 Å². The third-order valence-corrected chi connectivity index (χ3v) is 6.07. The van der Waals surface area contributed by atoms with E-state index in [1.54, 1.807) is 0 Å². The second-order valence-corrected chi connectivity index (χ2v) is 9.31. The van der Waals surface area contributed by atoms with Crippen LogP contribution in [0, 0.1) is 0 Å². The van der Waals surface area contributed by atoms with E-state index in [1.807, 2.05) is 20.8 Å². The zero-order valence-corrected chi connectivity index (χ0v) is 18.2. The number of amides is 1. The average Bonchev–Trinajstić information content (AvgIpc) is 3.16. The summed E-state index contributed by atoms with van der Waals surface area (Å²) in [7, 11) is -3.75. The maximum atomic E-state index is 12.6. The Morgan fingerprint density at radius 3 is 2.33 bits per heavy atom. The lowest BCUT2D eigenvalue weighted by atomic mass is 10.2. The Labute approximate surface area is 176 Å². The molecule has 3 rings (SSSR count). The molecule has 2 aromatic rings. The lowest BCUT2D eigenvalue weighted by Gasteiger charge is -2.36. The van der Waals surface area contributed by atoms with Gasteiger partial charge >= 0.3 is 0 Å². The van der Waals surface area contributed by atoms with Gasteiger partial charge in [-0.2, -0.15) is 4.98 Å². The molecule has 0 spiro atoms. The molecule has 0 aliphatic carbocycles. The molecule has 10 nitrogen and oxygen atoms in total. The van der Waals surface area contributed by atoms with Gasteiger partial charge in [-0.25, -0.2) is 13.6 Å². The van der Waals surface area contributed by atoms with E-state index < -0.39 is 10.0 Å². The smallest absolute Gasteiger partial charge is 0.241 e. The number of nitrogens with zero attached hydrogens (tertiary/aromatic N) is 4. The molecule has 1 aromatic carbocycles. The van der Waals surface area contributed by atoms with Crippen molar-refractivity contribution in [2.24, 2.45) is 5.14 Å². The number of carbonyl (C=O) groups is 1. The van der Waals surface area contributed by atoms with E-state index in [9.17, 15) is 13.2 Å². The van der Waals surface area contributed by atoms with Crippen LogP contribution in [0.2, 0.25) is 0 Å². The van der Waals surface area contributed by atoms with Crippen LogP contribution in [0.4, 0.5) is 5.69 Å². The van der Waals surface area contributed by atoms with E-state index >= 15 is 0 Å². The summed E-state index contributed by atoms with van der Waals surface area (Å²) >= 11 is 0. The molecule has 0 radical (unpaired) electrons. The van der Waals surface area contributed by atoms with Gasteiger partial charge in [0.15, 0.2) is 5.82 Å². The van der Waals surface area contributed by atoms with Gasteiger partial charge in [-0.05, 0) is 31.2 Å². The van der Waals surface area contributed by atoms with E-state index in [4.69, 9.17) is 9.66 Å². The van der Waals surface area contributed by atoms with Crippen molar-refractivity contribution in [3.05, 3.63) is 36.0 Å². The molecule has 1 atom stereocenters. The van der Waals surface area contributed by atoms with Crippen molar-refractivity contribution >= 4 is 21.6 Å². The second kappa shape index (κ2) is 9.21. The SMILES string of the molecule is CC(C)c1noc(CN2CCN(C(C)C(=O)Nc3ccc(S(N)(=O)=O)cc3)CC2)n1. The Kier molecular flexibility index (Phi) is 6.86. The number of carbonyl (C=O) groups excluding carboxylic acids is 1. The van der Waals surface area contributed by atoms with Crippen LogP contribution in [0.3, 0.4) is 0 Å². The highest BCUT2D eigenvalue weighted by atomic mass is 32.2. The summed E-state index contributed by atoms with van der Waals surface area (Å²) in [5, 5.41) is 11.9. The van der Waals surface area contributed by atoms with Crippen LogP contribution in [0.5, 0.6) is 0 Å². The molecule has 1 unspecified atom stereocenters. The lowest BCUT2D eigenvalue weighted by molar-refractivity contribution is -0.121. The Morgan fingerprint density at radius 1 is 1.17 bits per heavy atom. The minimum atomic E-state index is -3.75. The first-order chi connectivity index (χ1) is 14.1. The summed E-state index contributed by atoms with van der Waals surface area (Å²) < 4.78 is 28.0. The fraction of sp³-hybridized carbons (Fsp3) is 0.526. The Hall–Kier alpha value is -2.34. The predicted molar refractivity (Wildman–Crippen MR) is 111 cm³/mol. The first-order valence-corrected chi connectivity index (χ1v) is 11.4. The molecule has 2 heterocycles. The van der Waals surface area contributed by atoms with Gasteiger partial charge in [0, 0.05) is 37.8 Å². The van der Waals surface area contributed by atoms with Crippen molar-refractivity contribution in [1.82, 2.24) is 19.9 Å². The number of benzene rings is 1. The van der Waals surface area contributed by atoms with Crippen LogP contribution < -0.4 is 10.5 Å². The molecule has 1 amide bonds. The molecule has 1 saturated heterocycles. The molecule has 0 saturated carbocycles. The van der Waals surface area contributed by atoms with Crippen molar-refractivity contribution in [3.8, 4) is 0 Å². The fourth-order valence-corrected chi connectivity index (χ4v) is 3.72. The van der Waals surface area contributed by atoms with Crippen molar-refractivity contribution in [1.29, 1.82) is 0 Å². The summed E-state index contributed by atoms with van der Waals surface area (Å²) in [6.45, 7) is 9.57. The number of sulfonamides is 1. The first-order valence-electron chi connectivity index (χ1n) is 9.86. The molecule has 1 fully saturated rings. The molecular formula is C19H28N6O4S. The molecule has 1 aromatic heterocycles. The van der Waals surface area contributed by atoms with Crippen molar-refractivity contribution in [3.63, 3.8) is 0 Å². The number of primary sulfonamides is 1. The highest BCUT2D eigenvalue weighted by Crippen LogP contribution is 2.16. The molecular weight excluding hydrogens is 408 g/mol. The van der Waals surface area contributed by atoms with Gasteiger partial charge in [-0.15, -0.1) is 0 Å². The van der Waals surface area contributed by atoms with Crippen LogP contribution in [0.15, 0.2) is 33.7 Å². The molecule has 3 N–H and O–H groups in total. The summed E-state index contributed by atoms with van der Waals surface area (Å²) in [5.41, 5.74) is 0.523. The number of nitrogens with two attached hydrogens (primary N) is 1. The third kappa shape index (κ3) is 5.63. The van der Waals surface area contributed by atoms with E-state index in [1.165, 1.54) is 24.3 Å². The average molecular weight is 437 g/mol. The molecule has 11 heteroatoms. The second-order valence-electron chi connectivity index (χ2n) is 7.75. The maximum Gasteiger partial charge on any atom is 0.241 e. The maximum absolute atomic E-state index is 12.6. The standard InChI is InChI=1S/C19H28N6O4S/c1-13(2)18-22-17(29-23-18)12-24-8-10-25(11-9-24)14(3)19(26)21-15-4-6-16(7-5-15)30(20,27)28/h4-7,13-14H,8-12H2,1-3H3,(H,21,26)(H2,20,27,28). The van der Waals surface area contributed by atoms with Crippen LogP contribution in [0.1, 0.15) is 38.4 Å². The van der Waals surface area contributed by atoms with Crippen molar-refractivity contribution in [2.45, 2.75) is 44.2 Å². The van der Waals surface area contributed by atoms with Gasteiger partial charge in [-0.3, -0.25) is 14.6 Å². The van der Waals surface area contributed by atoms with Crippen LogP contribution in [-0.4, -0.2) is 66.5 Å². The number of piperazine rings is 1. The van der Waals surface area contributed by atoms with Gasteiger partial charge in [0.2, 0.25) is 21.8 Å². The van der Waals surface area contributed by atoms with E-state index in [2.05, 4.69) is 25.3 Å². The van der Waals surface area contributed by atoms with E-state index in [-0.39, 0.29) is 22.8 Å². The van der Waals surface area contributed by atoms with E-state index in [0.717, 1.165) is 26.2 Å². The summed E-state index contributed by atoms with van der Waals surface area (Å²) in [6.07, 6.45) is 0. The molecule has 164 valence electrons. The first kappa shape index (κ1) is 22.3. The van der Waals surface area contributed by atoms with Gasteiger partial charge in [0.05, 0.1) is 17.5 Å². The van der Waals surface area contributed by atoms with Gasteiger partial charge < -0.3 is 9.84 Å². The number of nitrogens with one attached hydrogen (secondary N) is 1. The fourth-order valence-electron chi connectivity index (χ4n) is 3.21. The van der Waals surface area contributed by atoms with Gasteiger partial charge in [0.1, 0.15) is 0 Å². The topological polar surface area (TPSA) is 135 Å². The highest BCUT2D eigenvalue weighted by molar-refractivity contribution is 7.89. The van der Waals surface area contributed by atoms with Crippen molar-refractivity contribution < 1.29 is 17.7 Å². The molecule has 1 aliphatic heterocycles. The summed E-state index contributed by atoms with van der Waals surface area (Å²) in [5.74, 6) is 1.41. The van der Waals surface area contributed by atoms with Gasteiger partial charge in [-0.1, -0.05) is 19.0 Å². The lowest BCUT2D eigenvalue weighted by Crippen LogP contribution is -2.52. The zero-order valence-electron chi connectivity index (χ0n) is 17.4. The summed E-state index contributed by atoms with van der Waals surface area (Å²) in [6, 6.07) is 5.48. The number of anilines is 1. The normalized spacial score (nSPS) is 17.2. The monoisotopic (exact) mass is 436 g/mol. The number of rotatable bonds is 7. The quantitative estimate of drug-likeness (QED) is 0.656. The Bertz CT molecular complexity index is 965. The number of hydrogen-bond donors (Lipinski definition) is 2. The van der Waals surface area contributed by atoms with Crippen LogP contribution in [0.25, 0.3) is 0 Å². The minimum absolute atomic E-state index is 0.00595. The van der Waals surface area contributed by atoms with Crippen LogP contribution >= 0.6 is 0 Å². The Morgan fingerprint density at radius 2 is 1.80 bits per heavy atom. The summed E-state index contributed by atoms with van der Waals surface area (Å²) in [4.78, 5) is 21.3.